The minimum Gasteiger partial charge on any atom is -0.510 e. The van der Waals surface area contributed by atoms with Crippen molar-refractivity contribution in [3.63, 3.8) is 0 Å². The average Bonchev–Trinajstić information content (AvgIpc) is 2.96. The molecule has 0 bridgehead atoms. The van der Waals surface area contributed by atoms with Crippen molar-refractivity contribution in [3.05, 3.63) is 35.7 Å². The van der Waals surface area contributed by atoms with Gasteiger partial charge in [0.1, 0.15) is 10.8 Å². The molecular formula is C15H17N5O2S. The van der Waals surface area contributed by atoms with Crippen LogP contribution in [0.3, 0.4) is 0 Å². The molecule has 1 aromatic heterocycles. The van der Waals surface area contributed by atoms with Crippen LogP contribution in [0.4, 0.5) is 10.8 Å². The summed E-state index contributed by atoms with van der Waals surface area (Å²) in [7, 11) is 0. The first-order valence-corrected chi connectivity index (χ1v) is 7.83. The molecule has 120 valence electrons. The number of aliphatic hydroxyl groups is 1. The zero-order valence-corrected chi connectivity index (χ0v) is 13.9. The number of anilines is 1. The maximum Gasteiger partial charge on any atom is 0.205 e. The number of Topliss-reactive ketones (excluding diaryl/α,β-unsaturated/α-hetero) is 1. The number of benzene rings is 1. The number of rotatable bonds is 6. The predicted octanol–water partition coefficient (Wildman–Crippen LogP) is 4.10. The standard InChI is InChI=1S/C15H17N5O2S/c1-4-16-15-20-19-14(23-15)11-5-7-12(8-6-11)17-18-13(9(2)21)10(3)22/h5-8,21H,4H2,1-3H3,(H,16,20)/b13-9-,18-17?. The molecule has 0 atom stereocenters. The van der Waals surface area contributed by atoms with Crippen LogP contribution in [-0.2, 0) is 4.79 Å². The second-order valence-electron chi connectivity index (χ2n) is 4.68. The molecule has 2 aromatic rings. The molecule has 8 heteroatoms. The van der Waals surface area contributed by atoms with E-state index in [0.29, 0.717) is 5.69 Å². The van der Waals surface area contributed by atoms with Gasteiger partial charge in [-0.05, 0) is 38.1 Å². The Hall–Kier alpha value is -2.61. The van der Waals surface area contributed by atoms with E-state index in [1.165, 1.54) is 25.2 Å². The second kappa shape index (κ2) is 7.59. The summed E-state index contributed by atoms with van der Waals surface area (Å²) in [6.45, 7) is 5.52. The van der Waals surface area contributed by atoms with Crippen LogP contribution in [0.1, 0.15) is 20.8 Å². The molecule has 7 nitrogen and oxygen atoms in total. The summed E-state index contributed by atoms with van der Waals surface area (Å²) in [5.74, 6) is -0.488. The van der Waals surface area contributed by atoms with E-state index in [2.05, 4.69) is 25.7 Å². The topological polar surface area (TPSA) is 99.8 Å². The quantitative estimate of drug-likeness (QED) is 0.471. The Morgan fingerprint density at radius 1 is 1.26 bits per heavy atom. The van der Waals surface area contributed by atoms with Crippen LogP contribution in [0.15, 0.2) is 46.0 Å². The highest BCUT2D eigenvalue weighted by Gasteiger charge is 2.08. The summed E-state index contributed by atoms with van der Waals surface area (Å²) < 4.78 is 0. The van der Waals surface area contributed by atoms with Crippen molar-refractivity contribution >= 4 is 27.9 Å². The Morgan fingerprint density at radius 3 is 2.52 bits per heavy atom. The first kappa shape index (κ1) is 16.8. The van der Waals surface area contributed by atoms with Crippen molar-refractivity contribution in [1.29, 1.82) is 0 Å². The third-order valence-corrected chi connectivity index (χ3v) is 3.74. The Morgan fingerprint density at radius 2 is 1.96 bits per heavy atom. The number of ketones is 1. The van der Waals surface area contributed by atoms with E-state index in [4.69, 9.17) is 0 Å². The fourth-order valence-corrected chi connectivity index (χ4v) is 2.56. The fourth-order valence-electron chi connectivity index (χ4n) is 1.74. The third kappa shape index (κ3) is 4.43. The van der Waals surface area contributed by atoms with E-state index in [1.54, 1.807) is 12.1 Å². The summed E-state index contributed by atoms with van der Waals surface area (Å²) >= 11 is 1.47. The van der Waals surface area contributed by atoms with E-state index in [1.807, 2.05) is 19.1 Å². The van der Waals surface area contributed by atoms with Crippen molar-refractivity contribution in [2.24, 2.45) is 10.2 Å². The van der Waals surface area contributed by atoms with Crippen LogP contribution < -0.4 is 5.32 Å². The van der Waals surface area contributed by atoms with E-state index >= 15 is 0 Å². The number of carbonyl (C=O) groups is 1. The van der Waals surface area contributed by atoms with Gasteiger partial charge >= 0.3 is 0 Å². The Bertz CT molecular complexity index is 745. The van der Waals surface area contributed by atoms with Gasteiger partial charge < -0.3 is 10.4 Å². The molecule has 0 saturated heterocycles. The number of azo groups is 1. The highest BCUT2D eigenvalue weighted by atomic mass is 32.1. The molecule has 2 N–H and O–H groups in total. The number of aliphatic hydroxyl groups excluding tert-OH is 1. The molecule has 0 spiro atoms. The molecule has 0 unspecified atom stereocenters. The van der Waals surface area contributed by atoms with Gasteiger partial charge in [0.15, 0.2) is 11.5 Å². The first-order valence-electron chi connectivity index (χ1n) is 7.01. The Kier molecular flexibility index (Phi) is 5.53. The molecule has 0 amide bonds. The molecule has 0 fully saturated rings. The lowest BCUT2D eigenvalue weighted by atomic mass is 10.2. The summed E-state index contributed by atoms with van der Waals surface area (Å²) in [4.78, 5) is 11.3. The monoisotopic (exact) mass is 331 g/mol. The molecule has 1 heterocycles. The number of carbonyl (C=O) groups excluding carboxylic acids is 1. The molecule has 0 aliphatic rings. The van der Waals surface area contributed by atoms with Crippen molar-refractivity contribution in [2.75, 3.05) is 11.9 Å². The average molecular weight is 331 g/mol. The smallest absolute Gasteiger partial charge is 0.205 e. The van der Waals surface area contributed by atoms with E-state index in [-0.39, 0.29) is 17.2 Å². The lowest BCUT2D eigenvalue weighted by molar-refractivity contribution is -0.113. The lowest BCUT2D eigenvalue weighted by Gasteiger charge is -1.98. The first-order chi connectivity index (χ1) is 11.0. The third-order valence-electron chi connectivity index (χ3n) is 2.81. The van der Waals surface area contributed by atoms with Crippen molar-refractivity contribution in [1.82, 2.24) is 10.2 Å². The zero-order chi connectivity index (χ0) is 16.8. The maximum absolute atomic E-state index is 11.3. The minimum absolute atomic E-state index is 0.0477. The van der Waals surface area contributed by atoms with Gasteiger partial charge in [0, 0.05) is 19.0 Å². The molecule has 0 aliphatic carbocycles. The predicted molar refractivity (Wildman–Crippen MR) is 90.0 cm³/mol. The van der Waals surface area contributed by atoms with Crippen LogP contribution in [0.5, 0.6) is 0 Å². The number of hydrogen-bond donors (Lipinski definition) is 2. The van der Waals surface area contributed by atoms with Crippen LogP contribution in [0.2, 0.25) is 0 Å². The number of hydrogen-bond acceptors (Lipinski definition) is 8. The van der Waals surface area contributed by atoms with Crippen LogP contribution in [0.25, 0.3) is 10.6 Å². The molecular weight excluding hydrogens is 314 g/mol. The summed E-state index contributed by atoms with van der Waals surface area (Å²) in [5, 5.41) is 30.0. The van der Waals surface area contributed by atoms with E-state index in [9.17, 15) is 9.90 Å². The number of nitrogens with one attached hydrogen (secondary N) is 1. The van der Waals surface area contributed by atoms with Gasteiger partial charge in [-0.25, -0.2) is 0 Å². The Balaban J connectivity index is 2.16. The molecule has 23 heavy (non-hydrogen) atoms. The molecule has 2 rings (SSSR count). The van der Waals surface area contributed by atoms with Crippen LogP contribution >= 0.6 is 11.3 Å². The van der Waals surface area contributed by atoms with Gasteiger partial charge in [-0.15, -0.1) is 15.3 Å². The van der Waals surface area contributed by atoms with Crippen LogP contribution in [0, 0.1) is 0 Å². The summed E-state index contributed by atoms with van der Waals surface area (Å²) in [6, 6.07) is 7.23. The summed E-state index contributed by atoms with van der Waals surface area (Å²) in [5.41, 5.74) is 1.45. The van der Waals surface area contributed by atoms with Gasteiger partial charge in [-0.1, -0.05) is 11.3 Å². The highest BCUT2D eigenvalue weighted by molar-refractivity contribution is 7.18. The van der Waals surface area contributed by atoms with Crippen molar-refractivity contribution < 1.29 is 9.90 Å². The molecule has 1 aromatic carbocycles. The normalized spacial score (nSPS) is 12.3. The SMILES string of the molecule is CCNc1nnc(-c2ccc(N=N/C(C(C)=O)=C(/C)O)cc2)s1. The maximum atomic E-state index is 11.3. The van der Waals surface area contributed by atoms with Crippen molar-refractivity contribution in [2.45, 2.75) is 20.8 Å². The van der Waals surface area contributed by atoms with Gasteiger partial charge in [-0.2, -0.15) is 5.11 Å². The van der Waals surface area contributed by atoms with E-state index in [0.717, 1.165) is 22.2 Å². The Labute approximate surface area is 137 Å². The van der Waals surface area contributed by atoms with E-state index < -0.39 is 0 Å². The molecule has 0 radical (unpaired) electrons. The fraction of sp³-hybridized carbons (Fsp3) is 0.267. The van der Waals surface area contributed by atoms with Gasteiger partial charge in [0.05, 0.1) is 5.69 Å². The van der Waals surface area contributed by atoms with Crippen LogP contribution in [-0.4, -0.2) is 27.6 Å². The highest BCUT2D eigenvalue weighted by Crippen LogP contribution is 2.28. The minimum atomic E-state index is -0.338. The largest absolute Gasteiger partial charge is 0.510 e. The zero-order valence-electron chi connectivity index (χ0n) is 13.1. The number of aromatic nitrogens is 2. The molecule has 0 aliphatic heterocycles. The number of allylic oxidation sites excluding steroid dienone is 2. The summed E-state index contributed by atoms with van der Waals surface area (Å²) in [6.07, 6.45) is 0. The lowest BCUT2D eigenvalue weighted by Crippen LogP contribution is -1.96. The van der Waals surface area contributed by atoms with Gasteiger partial charge in [-0.3, -0.25) is 4.79 Å². The number of nitrogens with zero attached hydrogens (tertiary/aromatic N) is 4. The molecule has 0 saturated carbocycles. The van der Waals surface area contributed by atoms with Gasteiger partial charge in [0.2, 0.25) is 5.13 Å². The second-order valence-corrected chi connectivity index (χ2v) is 5.66. The van der Waals surface area contributed by atoms with Gasteiger partial charge in [0.25, 0.3) is 0 Å². The van der Waals surface area contributed by atoms with Crippen molar-refractivity contribution in [3.8, 4) is 10.6 Å².